The van der Waals surface area contributed by atoms with Gasteiger partial charge in [0.05, 0.1) is 24.7 Å². The molecule has 1 heterocycles. The number of hydrogen-bond donors (Lipinski definition) is 1. The van der Waals surface area contributed by atoms with Crippen LogP contribution >= 0.6 is 0 Å². The molecule has 1 aliphatic heterocycles. The van der Waals surface area contributed by atoms with Gasteiger partial charge in [-0.25, -0.2) is 4.79 Å². The van der Waals surface area contributed by atoms with E-state index in [2.05, 4.69) is 6.07 Å². The molecule has 0 unspecified atom stereocenters. The summed E-state index contributed by atoms with van der Waals surface area (Å²) in [6, 6.07) is 14.7. The van der Waals surface area contributed by atoms with Crippen molar-refractivity contribution < 1.29 is 19.4 Å². The van der Waals surface area contributed by atoms with E-state index in [-0.39, 0.29) is 17.6 Å². The van der Waals surface area contributed by atoms with Crippen LogP contribution in [0.25, 0.3) is 0 Å². The average Bonchev–Trinajstić information content (AvgIpc) is 2.62. The third-order valence-corrected chi connectivity index (χ3v) is 4.50. The number of hydrogen-bond acceptors (Lipinski definition) is 3. The van der Waals surface area contributed by atoms with E-state index in [0.29, 0.717) is 19.6 Å². The zero-order chi connectivity index (χ0) is 17.8. The maximum absolute atomic E-state index is 12.6. The first-order valence-electron chi connectivity index (χ1n) is 8.30. The standard InChI is InChI=1S/C20H21NO4/c1-21(13-14-6-8-16(9-7-14)20(23)24)19(22)12-18-17-5-3-2-4-15(17)10-11-25-18/h2-9,18H,10-13H2,1H3,(H,23,24)/t18-/m1/s1. The molecule has 0 spiro atoms. The van der Waals surface area contributed by atoms with E-state index in [1.165, 1.54) is 5.56 Å². The Labute approximate surface area is 146 Å². The zero-order valence-electron chi connectivity index (χ0n) is 14.1. The van der Waals surface area contributed by atoms with Gasteiger partial charge in [-0.2, -0.15) is 0 Å². The van der Waals surface area contributed by atoms with Crippen LogP contribution in [-0.4, -0.2) is 35.5 Å². The second kappa shape index (κ2) is 7.49. The third-order valence-electron chi connectivity index (χ3n) is 4.50. The highest BCUT2D eigenvalue weighted by atomic mass is 16.5. The lowest BCUT2D eigenvalue weighted by molar-refractivity contribution is -0.133. The molecule has 0 saturated carbocycles. The van der Waals surface area contributed by atoms with Crippen LogP contribution in [0.2, 0.25) is 0 Å². The molecule has 0 bridgehead atoms. The Morgan fingerprint density at radius 2 is 1.88 bits per heavy atom. The number of carbonyl (C=O) groups is 2. The van der Waals surface area contributed by atoms with Gasteiger partial charge in [0.25, 0.3) is 0 Å². The lowest BCUT2D eigenvalue weighted by atomic mass is 9.95. The number of fused-ring (bicyclic) bond motifs is 1. The summed E-state index contributed by atoms with van der Waals surface area (Å²) in [6.07, 6.45) is 0.988. The lowest BCUT2D eigenvalue weighted by Crippen LogP contribution is -2.29. The summed E-state index contributed by atoms with van der Waals surface area (Å²) in [4.78, 5) is 25.1. The quantitative estimate of drug-likeness (QED) is 0.909. The topological polar surface area (TPSA) is 66.8 Å². The predicted molar refractivity (Wildman–Crippen MR) is 93.3 cm³/mol. The van der Waals surface area contributed by atoms with Crippen LogP contribution in [0.1, 0.15) is 39.6 Å². The van der Waals surface area contributed by atoms with Gasteiger partial charge >= 0.3 is 5.97 Å². The Balaban J connectivity index is 1.62. The van der Waals surface area contributed by atoms with E-state index in [1.54, 1.807) is 36.2 Å². The molecule has 1 N–H and O–H groups in total. The molecule has 0 fully saturated rings. The Morgan fingerprint density at radius 3 is 2.60 bits per heavy atom. The third kappa shape index (κ3) is 4.06. The van der Waals surface area contributed by atoms with E-state index in [9.17, 15) is 9.59 Å². The largest absolute Gasteiger partial charge is 0.478 e. The van der Waals surface area contributed by atoms with Gasteiger partial charge < -0.3 is 14.7 Å². The number of nitrogens with zero attached hydrogens (tertiary/aromatic N) is 1. The fourth-order valence-electron chi connectivity index (χ4n) is 3.07. The van der Waals surface area contributed by atoms with E-state index >= 15 is 0 Å². The van der Waals surface area contributed by atoms with Crippen LogP contribution < -0.4 is 0 Å². The first-order valence-corrected chi connectivity index (χ1v) is 8.30. The summed E-state index contributed by atoms with van der Waals surface area (Å²) in [7, 11) is 1.75. The van der Waals surface area contributed by atoms with Gasteiger partial charge in [-0.15, -0.1) is 0 Å². The minimum atomic E-state index is -0.955. The molecule has 5 nitrogen and oxygen atoms in total. The Bertz CT molecular complexity index is 770. The number of carboxylic acids is 1. The van der Waals surface area contributed by atoms with Gasteiger partial charge in [-0.05, 0) is 35.2 Å². The predicted octanol–water partition coefficient (Wildman–Crippen LogP) is 3.05. The number of ether oxygens (including phenoxy) is 1. The monoisotopic (exact) mass is 339 g/mol. The number of benzene rings is 2. The summed E-state index contributed by atoms with van der Waals surface area (Å²) in [5, 5.41) is 8.93. The number of amides is 1. The van der Waals surface area contributed by atoms with Crippen molar-refractivity contribution in [1.29, 1.82) is 0 Å². The van der Waals surface area contributed by atoms with Crippen molar-refractivity contribution in [2.45, 2.75) is 25.5 Å². The van der Waals surface area contributed by atoms with Gasteiger partial charge in [0, 0.05) is 13.6 Å². The molecule has 5 heteroatoms. The second-order valence-corrected chi connectivity index (χ2v) is 6.26. The normalized spacial score (nSPS) is 16.1. The minimum Gasteiger partial charge on any atom is -0.478 e. The van der Waals surface area contributed by atoms with Crippen molar-refractivity contribution in [3.05, 3.63) is 70.8 Å². The number of rotatable bonds is 5. The smallest absolute Gasteiger partial charge is 0.335 e. The van der Waals surface area contributed by atoms with Crippen LogP contribution in [0.5, 0.6) is 0 Å². The summed E-state index contributed by atoms with van der Waals surface area (Å²) in [5.74, 6) is -0.951. The van der Waals surface area contributed by atoms with Gasteiger partial charge in [0.2, 0.25) is 5.91 Å². The zero-order valence-corrected chi connectivity index (χ0v) is 14.1. The van der Waals surface area contributed by atoms with E-state index < -0.39 is 5.97 Å². The van der Waals surface area contributed by atoms with Crippen molar-refractivity contribution in [2.24, 2.45) is 0 Å². The molecule has 25 heavy (non-hydrogen) atoms. The second-order valence-electron chi connectivity index (χ2n) is 6.26. The Morgan fingerprint density at radius 1 is 1.16 bits per heavy atom. The molecule has 2 aromatic carbocycles. The highest BCUT2D eigenvalue weighted by Crippen LogP contribution is 2.30. The molecule has 1 amide bonds. The molecule has 0 aromatic heterocycles. The molecule has 2 aromatic rings. The SMILES string of the molecule is CN(Cc1ccc(C(=O)O)cc1)C(=O)C[C@H]1OCCc2ccccc21. The number of carbonyl (C=O) groups excluding carboxylic acids is 1. The Kier molecular flexibility index (Phi) is 5.14. The summed E-state index contributed by atoms with van der Waals surface area (Å²) < 4.78 is 5.80. The summed E-state index contributed by atoms with van der Waals surface area (Å²) in [6.45, 7) is 1.07. The Hall–Kier alpha value is -2.66. The van der Waals surface area contributed by atoms with Crippen LogP contribution in [0, 0.1) is 0 Å². The van der Waals surface area contributed by atoms with Crippen molar-refractivity contribution >= 4 is 11.9 Å². The molecule has 130 valence electrons. The molecular formula is C20H21NO4. The van der Waals surface area contributed by atoms with Gasteiger partial charge in [0.1, 0.15) is 0 Å². The molecular weight excluding hydrogens is 318 g/mol. The summed E-state index contributed by atoms with van der Waals surface area (Å²) >= 11 is 0. The molecule has 3 rings (SSSR count). The van der Waals surface area contributed by atoms with E-state index in [4.69, 9.17) is 9.84 Å². The molecule has 0 radical (unpaired) electrons. The van der Waals surface area contributed by atoms with Gasteiger partial charge in [-0.1, -0.05) is 36.4 Å². The van der Waals surface area contributed by atoms with E-state index in [0.717, 1.165) is 17.5 Å². The maximum atomic E-state index is 12.6. The first-order chi connectivity index (χ1) is 12.0. The first kappa shape index (κ1) is 17.2. The van der Waals surface area contributed by atoms with Crippen molar-refractivity contribution in [3.8, 4) is 0 Å². The van der Waals surface area contributed by atoms with Crippen molar-refractivity contribution in [1.82, 2.24) is 4.90 Å². The molecule has 1 atom stereocenters. The van der Waals surface area contributed by atoms with Crippen LogP contribution in [0.4, 0.5) is 0 Å². The summed E-state index contributed by atoms with van der Waals surface area (Å²) in [5.41, 5.74) is 3.48. The number of aromatic carboxylic acids is 1. The molecule has 1 aliphatic rings. The maximum Gasteiger partial charge on any atom is 0.335 e. The van der Waals surface area contributed by atoms with Crippen molar-refractivity contribution in [2.75, 3.05) is 13.7 Å². The fourth-order valence-corrected chi connectivity index (χ4v) is 3.07. The highest BCUT2D eigenvalue weighted by Gasteiger charge is 2.24. The van der Waals surface area contributed by atoms with Crippen molar-refractivity contribution in [3.63, 3.8) is 0 Å². The number of carboxylic acid groups (broad SMARTS) is 1. The lowest BCUT2D eigenvalue weighted by Gasteiger charge is -2.27. The average molecular weight is 339 g/mol. The minimum absolute atomic E-state index is 0.00372. The molecule has 0 saturated heterocycles. The van der Waals surface area contributed by atoms with Gasteiger partial charge in [0.15, 0.2) is 0 Å². The van der Waals surface area contributed by atoms with Crippen LogP contribution in [-0.2, 0) is 22.5 Å². The van der Waals surface area contributed by atoms with E-state index in [1.807, 2.05) is 18.2 Å². The van der Waals surface area contributed by atoms with Gasteiger partial charge in [-0.3, -0.25) is 4.79 Å². The van der Waals surface area contributed by atoms with Crippen LogP contribution in [0.15, 0.2) is 48.5 Å². The fraction of sp³-hybridized carbons (Fsp3) is 0.300. The highest BCUT2D eigenvalue weighted by molar-refractivity contribution is 5.87. The molecule has 0 aliphatic carbocycles. The van der Waals surface area contributed by atoms with Crippen LogP contribution in [0.3, 0.4) is 0 Å².